The van der Waals surface area contributed by atoms with Crippen LogP contribution in [0.2, 0.25) is 0 Å². The van der Waals surface area contributed by atoms with Crippen LogP contribution in [-0.4, -0.2) is 20.8 Å². The zero-order valence-corrected chi connectivity index (χ0v) is 12.1. The van der Waals surface area contributed by atoms with Gasteiger partial charge in [-0.1, -0.05) is 19.9 Å². The molecule has 18 heavy (non-hydrogen) atoms. The highest BCUT2D eigenvalue weighted by atomic mass is 32.2. The van der Waals surface area contributed by atoms with Gasteiger partial charge in [0.05, 0.1) is 23.8 Å². The summed E-state index contributed by atoms with van der Waals surface area (Å²) in [6.07, 6.45) is 0. The molecule has 5 heteroatoms. The molecule has 0 radical (unpaired) electrons. The van der Waals surface area contributed by atoms with E-state index in [4.69, 9.17) is 10.5 Å². The Hall–Kier alpha value is -1.23. The van der Waals surface area contributed by atoms with Crippen LogP contribution in [0.25, 0.3) is 0 Å². The van der Waals surface area contributed by atoms with Gasteiger partial charge in [-0.05, 0) is 30.5 Å². The fourth-order valence-electron chi connectivity index (χ4n) is 1.65. The van der Waals surface area contributed by atoms with Crippen LogP contribution in [0.5, 0.6) is 5.75 Å². The molecule has 0 aliphatic carbocycles. The number of sulfone groups is 1. The van der Waals surface area contributed by atoms with Crippen molar-refractivity contribution >= 4 is 15.5 Å². The molecule has 0 aromatic heterocycles. The average Bonchev–Trinajstić information content (AvgIpc) is 2.27. The molecule has 0 saturated heterocycles. The number of hydrogen-bond donors (Lipinski definition) is 1. The third-order valence-corrected chi connectivity index (χ3v) is 5.58. The first kappa shape index (κ1) is 14.8. The fourth-order valence-corrected chi connectivity index (χ4v) is 3.39. The van der Waals surface area contributed by atoms with Crippen molar-refractivity contribution in [1.82, 2.24) is 0 Å². The molecule has 2 N–H and O–H groups in total. The third-order valence-electron chi connectivity index (χ3n) is 3.17. The van der Waals surface area contributed by atoms with Crippen molar-refractivity contribution < 1.29 is 13.2 Å². The molecular weight excluding hydrogens is 250 g/mol. The monoisotopic (exact) mass is 271 g/mol. The maximum atomic E-state index is 12.1. The van der Waals surface area contributed by atoms with Crippen molar-refractivity contribution in [2.45, 2.75) is 31.8 Å². The molecule has 4 nitrogen and oxygen atoms in total. The Morgan fingerprint density at radius 1 is 1.28 bits per heavy atom. The maximum absolute atomic E-state index is 12.1. The van der Waals surface area contributed by atoms with Gasteiger partial charge >= 0.3 is 0 Å². The minimum atomic E-state index is -3.15. The zero-order chi connectivity index (χ0) is 13.9. The number of nitrogen functional groups attached to an aromatic ring is 1. The van der Waals surface area contributed by atoms with Gasteiger partial charge in [0.1, 0.15) is 5.75 Å². The van der Waals surface area contributed by atoms with Crippen molar-refractivity contribution in [2.75, 3.05) is 12.8 Å². The van der Waals surface area contributed by atoms with E-state index in [1.807, 2.05) is 13.8 Å². The van der Waals surface area contributed by atoms with Gasteiger partial charge < -0.3 is 10.5 Å². The Morgan fingerprint density at radius 2 is 1.89 bits per heavy atom. The predicted octanol–water partition coefficient (Wildman–Crippen LogP) is 2.24. The highest BCUT2D eigenvalue weighted by Gasteiger charge is 2.24. The van der Waals surface area contributed by atoms with Crippen molar-refractivity contribution in [2.24, 2.45) is 5.92 Å². The van der Waals surface area contributed by atoms with Crippen molar-refractivity contribution in [3.05, 3.63) is 23.8 Å². The van der Waals surface area contributed by atoms with Crippen LogP contribution >= 0.6 is 0 Å². The molecule has 1 aromatic rings. The maximum Gasteiger partial charge on any atom is 0.157 e. The van der Waals surface area contributed by atoms with Gasteiger partial charge in [-0.2, -0.15) is 0 Å². The Kier molecular flexibility index (Phi) is 4.62. The van der Waals surface area contributed by atoms with E-state index in [9.17, 15) is 8.42 Å². The second-order valence-electron chi connectivity index (χ2n) is 4.83. The van der Waals surface area contributed by atoms with E-state index in [1.165, 1.54) is 7.11 Å². The molecule has 1 aromatic carbocycles. The van der Waals surface area contributed by atoms with E-state index in [0.29, 0.717) is 17.0 Å². The lowest BCUT2D eigenvalue weighted by atomic mass is 10.2. The lowest BCUT2D eigenvalue weighted by Gasteiger charge is -2.16. The number of anilines is 1. The molecule has 0 fully saturated rings. The Balaban J connectivity index is 2.95. The van der Waals surface area contributed by atoms with Crippen LogP contribution in [0.1, 0.15) is 26.3 Å². The van der Waals surface area contributed by atoms with Gasteiger partial charge in [-0.15, -0.1) is 0 Å². The summed E-state index contributed by atoms with van der Waals surface area (Å²) in [5.74, 6) is 0.680. The lowest BCUT2D eigenvalue weighted by molar-refractivity contribution is 0.417. The third kappa shape index (κ3) is 3.38. The van der Waals surface area contributed by atoms with E-state index >= 15 is 0 Å². The van der Waals surface area contributed by atoms with E-state index in [1.54, 1.807) is 25.1 Å². The number of hydrogen-bond acceptors (Lipinski definition) is 4. The average molecular weight is 271 g/mol. The first-order valence-electron chi connectivity index (χ1n) is 5.92. The van der Waals surface area contributed by atoms with E-state index in [2.05, 4.69) is 0 Å². The molecule has 0 heterocycles. The van der Waals surface area contributed by atoms with Crippen molar-refractivity contribution in [3.63, 3.8) is 0 Å². The number of methoxy groups -OCH3 is 1. The number of rotatable bonds is 5. The van der Waals surface area contributed by atoms with E-state index in [0.717, 1.165) is 0 Å². The van der Waals surface area contributed by atoms with Crippen LogP contribution < -0.4 is 10.5 Å². The Bertz CT molecular complexity index is 509. The summed E-state index contributed by atoms with van der Waals surface area (Å²) in [6.45, 7) is 5.56. The number of nitrogens with two attached hydrogens (primary N) is 1. The van der Waals surface area contributed by atoms with Crippen LogP contribution in [0, 0.1) is 5.92 Å². The first-order valence-corrected chi connectivity index (χ1v) is 7.63. The normalized spacial score (nSPS) is 13.6. The molecule has 0 amide bonds. The quantitative estimate of drug-likeness (QED) is 0.834. The van der Waals surface area contributed by atoms with Gasteiger partial charge in [0, 0.05) is 0 Å². The molecule has 0 saturated carbocycles. The molecule has 102 valence electrons. The summed E-state index contributed by atoms with van der Waals surface area (Å²) in [5, 5.41) is -0.360. The van der Waals surface area contributed by atoms with Crippen molar-refractivity contribution in [3.8, 4) is 5.75 Å². The van der Waals surface area contributed by atoms with Crippen LogP contribution in [-0.2, 0) is 15.6 Å². The van der Waals surface area contributed by atoms with Gasteiger partial charge in [-0.25, -0.2) is 8.42 Å². The minimum Gasteiger partial charge on any atom is -0.495 e. The highest BCUT2D eigenvalue weighted by molar-refractivity contribution is 7.91. The molecule has 0 spiro atoms. The fraction of sp³-hybridized carbons (Fsp3) is 0.538. The molecule has 1 atom stereocenters. The summed E-state index contributed by atoms with van der Waals surface area (Å²) in [7, 11) is -1.61. The predicted molar refractivity (Wildman–Crippen MR) is 74.3 cm³/mol. The summed E-state index contributed by atoms with van der Waals surface area (Å²) in [5.41, 5.74) is 6.92. The van der Waals surface area contributed by atoms with Gasteiger partial charge in [0.25, 0.3) is 0 Å². The Morgan fingerprint density at radius 3 is 2.33 bits per heavy atom. The summed E-state index contributed by atoms with van der Waals surface area (Å²) >= 11 is 0. The largest absolute Gasteiger partial charge is 0.495 e. The number of benzene rings is 1. The van der Waals surface area contributed by atoms with Gasteiger partial charge in [0.15, 0.2) is 9.84 Å². The molecular formula is C13H21NO3S. The van der Waals surface area contributed by atoms with Gasteiger partial charge in [0.2, 0.25) is 0 Å². The summed E-state index contributed by atoms with van der Waals surface area (Å²) in [6, 6.07) is 5.09. The van der Waals surface area contributed by atoms with Crippen LogP contribution in [0.4, 0.5) is 5.69 Å². The number of ether oxygens (including phenoxy) is 1. The zero-order valence-electron chi connectivity index (χ0n) is 11.3. The van der Waals surface area contributed by atoms with E-state index in [-0.39, 0.29) is 16.9 Å². The Labute approximate surface area is 109 Å². The molecule has 0 aliphatic rings. The van der Waals surface area contributed by atoms with Crippen LogP contribution in [0.15, 0.2) is 18.2 Å². The standard InChI is InChI=1S/C13H21NO3S/c1-9(2)10(3)18(15,16)8-11-5-6-13(17-4)12(14)7-11/h5-7,9-10H,8,14H2,1-4H3. The molecule has 1 unspecified atom stereocenters. The topological polar surface area (TPSA) is 69.4 Å². The minimum absolute atomic E-state index is 0.0144. The molecule has 1 rings (SSSR count). The summed E-state index contributed by atoms with van der Waals surface area (Å²) < 4.78 is 29.3. The lowest BCUT2D eigenvalue weighted by Crippen LogP contribution is -2.24. The first-order chi connectivity index (χ1) is 8.27. The highest BCUT2D eigenvalue weighted by Crippen LogP contribution is 2.24. The van der Waals surface area contributed by atoms with E-state index < -0.39 is 9.84 Å². The smallest absolute Gasteiger partial charge is 0.157 e. The van der Waals surface area contributed by atoms with Crippen molar-refractivity contribution in [1.29, 1.82) is 0 Å². The second kappa shape index (κ2) is 5.61. The second-order valence-corrected chi connectivity index (χ2v) is 7.19. The van der Waals surface area contributed by atoms with Gasteiger partial charge in [-0.3, -0.25) is 0 Å². The summed E-state index contributed by atoms with van der Waals surface area (Å²) in [4.78, 5) is 0. The SMILES string of the molecule is COc1ccc(CS(=O)(=O)C(C)C(C)C)cc1N. The molecule has 0 aliphatic heterocycles. The molecule has 0 bridgehead atoms. The van der Waals surface area contributed by atoms with Crippen LogP contribution in [0.3, 0.4) is 0 Å².